The van der Waals surface area contributed by atoms with Crippen molar-refractivity contribution in [2.24, 2.45) is 0 Å². The molecule has 0 aliphatic carbocycles. The molecular formula is C12H17N3O3. The molecule has 1 fully saturated rings. The van der Waals surface area contributed by atoms with Crippen LogP contribution < -0.4 is 0 Å². The number of carbonyl (C=O) groups is 1. The fourth-order valence-corrected chi connectivity index (χ4v) is 1.87. The number of rotatable bonds is 1. The average molecular weight is 251 g/mol. The first-order valence-corrected chi connectivity index (χ1v) is 5.88. The van der Waals surface area contributed by atoms with Crippen molar-refractivity contribution in [3.05, 3.63) is 23.8 Å². The van der Waals surface area contributed by atoms with Gasteiger partial charge < -0.3 is 15.1 Å². The Balaban J connectivity index is 2.09. The number of aliphatic hydroxyl groups is 2. The minimum Gasteiger partial charge on any atom is -0.388 e. The summed E-state index contributed by atoms with van der Waals surface area (Å²) in [6.07, 6.45) is 2.37. The minimum absolute atomic E-state index is 0.112. The zero-order valence-corrected chi connectivity index (χ0v) is 10.5. The number of nitrogens with zero attached hydrogens (tertiary/aromatic N) is 3. The Morgan fingerprint density at radius 1 is 1.50 bits per heavy atom. The third kappa shape index (κ3) is 2.49. The van der Waals surface area contributed by atoms with Crippen molar-refractivity contribution in [1.82, 2.24) is 14.9 Å². The normalized spacial score (nSPS) is 28.2. The van der Waals surface area contributed by atoms with Crippen molar-refractivity contribution < 1.29 is 15.0 Å². The highest BCUT2D eigenvalue weighted by Gasteiger charge is 2.38. The minimum atomic E-state index is -1.13. The van der Waals surface area contributed by atoms with Crippen LogP contribution in [0.2, 0.25) is 0 Å². The van der Waals surface area contributed by atoms with Gasteiger partial charge in [0.25, 0.3) is 5.91 Å². The maximum Gasteiger partial charge on any atom is 0.274 e. The van der Waals surface area contributed by atoms with Gasteiger partial charge in [-0.15, -0.1) is 0 Å². The number of amides is 1. The maximum atomic E-state index is 12.1. The number of hydrogen-bond acceptors (Lipinski definition) is 5. The smallest absolute Gasteiger partial charge is 0.274 e. The van der Waals surface area contributed by atoms with E-state index >= 15 is 0 Å². The third-order valence-electron chi connectivity index (χ3n) is 3.29. The Morgan fingerprint density at radius 3 is 2.78 bits per heavy atom. The van der Waals surface area contributed by atoms with Crippen LogP contribution in [-0.4, -0.2) is 55.8 Å². The molecule has 2 N–H and O–H groups in total. The molecule has 1 aromatic rings. The summed E-state index contributed by atoms with van der Waals surface area (Å²) >= 11 is 0. The average Bonchev–Trinajstić information content (AvgIpc) is 2.33. The first-order chi connectivity index (χ1) is 8.40. The van der Waals surface area contributed by atoms with Gasteiger partial charge in [0, 0.05) is 19.3 Å². The van der Waals surface area contributed by atoms with Crippen LogP contribution in [0.15, 0.2) is 12.4 Å². The van der Waals surface area contributed by atoms with Crippen LogP contribution >= 0.6 is 0 Å². The number of aryl methyl sites for hydroxylation is 1. The molecule has 2 atom stereocenters. The number of likely N-dealkylation sites (tertiary alicyclic amines) is 1. The molecule has 0 bridgehead atoms. The van der Waals surface area contributed by atoms with E-state index in [1.54, 1.807) is 13.8 Å². The summed E-state index contributed by atoms with van der Waals surface area (Å²) in [4.78, 5) is 21.6. The predicted octanol–water partition coefficient (Wildman–Crippen LogP) is -0.257. The van der Waals surface area contributed by atoms with Crippen molar-refractivity contribution in [2.75, 3.05) is 13.1 Å². The predicted molar refractivity (Wildman–Crippen MR) is 63.9 cm³/mol. The fraction of sp³-hybridized carbons (Fsp3) is 0.583. The summed E-state index contributed by atoms with van der Waals surface area (Å²) in [6.45, 7) is 3.88. The lowest BCUT2D eigenvalue weighted by atomic mass is 9.90. The lowest BCUT2D eigenvalue weighted by Crippen LogP contribution is -2.55. The van der Waals surface area contributed by atoms with E-state index in [1.165, 1.54) is 17.3 Å². The fourth-order valence-electron chi connectivity index (χ4n) is 1.87. The molecule has 2 rings (SSSR count). The SMILES string of the molecule is Cc1cnc(C(=O)N2CC[C@@](C)(O)[C@@H](O)C2)cn1. The second-order valence-corrected chi connectivity index (χ2v) is 4.92. The van der Waals surface area contributed by atoms with Crippen LogP contribution in [0.25, 0.3) is 0 Å². The molecule has 1 aliphatic heterocycles. The molecule has 2 heterocycles. The Morgan fingerprint density at radius 2 is 2.22 bits per heavy atom. The first kappa shape index (κ1) is 12.9. The Hall–Kier alpha value is -1.53. The van der Waals surface area contributed by atoms with Crippen LogP contribution in [0.1, 0.15) is 29.5 Å². The lowest BCUT2D eigenvalue weighted by molar-refractivity contribution is -0.1000. The highest BCUT2D eigenvalue weighted by atomic mass is 16.3. The summed E-state index contributed by atoms with van der Waals surface area (Å²) in [6, 6.07) is 0. The number of aromatic nitrogens is 2. The van der Waals surface area contributed by atoms with Crippen molar-refractivity contribution in [3.8, 4) is 0 Å². The van der Waals surface area contributed by atoms with Crippen LogP contribution in [-0.2, 0) is 0 Å². The Labute approximate surface area is 105 Å². The molecule has 1 amide bonds. The summed E-state index contributed by atoms with van der Waals surface area (Å²) in [5.41, 5.74) is -0.127. The monoisotopic (exact) mass is 251 g/mol. The molecule has 98 valence electrons. The van der Waals surface area contributed by atoms with Gasteiger partial charge in [0.15, 0.2) is 0 Å². The number of aliphatic hydroxyl groups excluding tert-OH is 1. The number of β-amino-alcohol motifs (C(OH)–C–C–N with tert-alkyl or cyclic N) is 1. The number of piperidine rings is 1. The molecule has 6 heteroatoms. The topological polar surface area (TPSA) is 86.6 Å². The van der Waals surface area contributed by atoms with Gasteiger partial charge in [-0.2, -0.15) is 0 Å². The standard InChI is InChI=1S/C12H17N3O3/c1-8-5-14-9(6-13-8)11(17)15-4-3-12(2,18)10(16)7-15/h5-6,10,16,18H,3-4,7H2,1-2H3/t10-,12+/m0/s1. The molecule has 1 saturated heterocycles. The van der Waals surface area contributed by atoms with E-state index in [0.29, 0.717) is 13.0 Å². The van der Waals surface area contributed by atoms with Crippen LogP contribution in [0.4, 0.5) is 0 Å². The molecule has 1 aliphatic rings. The summed E-state index contributed by atoms with van der Waals surface area (Å²) in [5.74, 6) is -0.267. The Bertz CT molecular complexity index is 444. The summed E-state index contributed by atoms with van der Waals surface area (Å²) < 4.78 is 0. The zero-order valence-electron chi connectivity index (χ0n) is 10.5. The number of hydrogen-bond donors (Lipinski definition) is 2. The van der Waals surface area contributed by atoms with Gasteiger partial charge in [-0.05, 0) is 20.3 Å². The largest absolute Gasteiger partial charge is 0.388 e. The second kappa shape index (κ2) is 4.62. The van der Waals surface area contributed by atoms with E-state index in [0.717, 1.165) is 5.69 Å². The van der Waals surface area contributed by atoms with Crippen LogP contribution in [0.5, 0.6) is 0 Å². The molecular weight excluding hydrogens is 234 g/mol. The van der Waals surface area contributed by atoms with E-state index in [-0.39, 0.29) is 18.1 Å². The molecule has 0 aromatic carbocycles. The van der Waals surface area contributed by atoms with Gasteiger partial charge in [0.05, 0.1) is 23.6 Å². The van der Waals surface area contributed by atoms with Crippen molar-refractivity contribution in [1.29, 1.82) is 0 Å². The van der Waals surface area contributed by atoms with E-state index in [1.807, 2.05) is 0 Å². The van der Waals surface area contributed by atoms with Crippen LogP contribution in [0, 0.1) is 6.92 Å². The molecule has 18 heavy (non-hydrogen) atoms. The van der Waals surface area contributed by atoms with Crippen molar-refractivity contribution in [3.63, 3.8) is 0 Å². The highest BCUT2D eigenvalue weighted by Crippen LogP contribution is 2.22. The van der Waals surface area contributed by atoms with E-state index in [2.05, 4.69) is 9.97 Å². The van der Waals surface area contributed by atoms with Gasteiger partial charge in [0.1, 0.15) is 5.69 Å². The van der Waals surface area contributed by atoms with Crippen molar-refractivity contribution in [2.45, 2.75) is 32.0 Å². The molecule has 0 saturated carbocycles. The zero-order chi connectivity index (χ0) is 13.3. The van der Waals surface area contributed by atoms with Crippen LogP contribution in [0.3, 0.4) is 0 Å². The first-order valence-electron chi connectivity index (χ1n) is 5.88. The van der Waals surface area contributed by atoms with Gasteiger partial charge in [-0.25, -0.2) is 4.98 Å². The summed E-state index contributed by atoms with van der Waals surface area (Å²) in [7, 11) is 0. The molecule has 0 radical (unpaired) electrons. The second-order valence-electron chi connectivity index (χ2n) is 4.92. The van der Waals surface area contributed by atoms with E-state index in [9.17, 15) is 15.0 Å². The lowest BCUT2D eigenvalue weighted by Gasteiger charge is -2.39. The van der Waals surface area contributed by atoms with Crippen molar-refractivity contribution >= 4 is 5.91 Å². The molecule has 0 unspecified atom stereocenters. The highest BCUT2D eigenvalue weighted by molar-refractivity contribution is 5.92. The quantitative estimate of drug-likeness (QED) is 0.718. The third-order valence-corrected chi connectivity index (χ3v) is 3.29. The Kier molecular flexibility index (Phi) is 3.32. The van der Waals surface area contributed by atoms with Gasteiger partial charge in [-0.3, -0.25) is 9.78 Å². The van der Waals surface area contributed by atoms with Gasteiger partial charge in [0.2, 0.25) is 0 Å². The molecule has 6 nitrogen and oxygen atoms in total. The molecule has 1 aromatic heterocycles. The number of carbonyl (C=O) groups excluding carboxylic acids is 1. The van der Waals surface area contributed by atoms with E-state index < -0.39 is 11.7 Å². The van der Waals surface area contributed by atoms with E-state index in [4.69, 9.17) is 0 Å². The maximum absolute atomic E-state index is 12.1. The summed E-state index contributed by atoms with van der Waals surface area (Å²) in [5, 5.41) is 19.6. The molecule has 0 spiro atoms. The van der Waals surface area contributed by atoms with Gasteiger partial charge >= 0.3 is 0 Å². The van der Waals surface area contributed by atoms with Gasteiger partial charge in [-0.1, -0.05) is 0 Å².